The summed E-state index contributed by atoms with van der Waals surface area (Å²) in [6, 6.07) is 10.2. The molecule has 1 N–H and O–H groups in total. The lowest BCUT2D eigenvalue weighted by Crippen LogP contribution is -2.01. The van der Waals surface area contributed by atoms with E-state index in [0.29, 0.717) is 40.0 Å². The number of halogens is 1. The number of benzene rings is 2. The van der Waals surface area contributed by atoms with Crippen LogP contribution in [0.1, 0.15) is 24.5 Å². The van der Waals surface area contributed by atoms with Gasteiger partial charge in [-0.05, 0) is 47.9 Å². The number of carbonyl (C=O) groups is 1. The van der Waals surface area contributed by atoms with E-state index >= 15 is 0 Å². The van der Waals surface area contributed by atoms with Crippen LogP contribution in [-0.2, 0) is 4.79 Å². The highest BCUT2D eigenvalue weighted by atomic mass is 35.5. The average Bonchev–Trinajstić information content (AvgIpc) is 2.64. The van der Waals surface area contributed by atoms with E-state index in [-0.39, 0.29) is 5.57 Å². The van der Waals surface area contributed by atoms with Crippen LogP contribution in [0.3, 0.4) is 0 Å². The van der Waals surface area contributed by atoms with Crippen molar-refractivity contribution in [2.24, 2.45) is 0 Å². The number of hydrogen-bond donors (Lipinski definition) is 1. The zero-order chi connectivity index (χ0) is 19.1. The minimum atomic E-state index is -1.04. The molecule has 0 unspecified atom stereocenters. The standard InChI is InChI=1S/C20H21ClO5/c1-4-9-26-19-17(21)11-13(12-18(19)25-3)10-16(20(22)23)14-5-7-15(24-2)8-6-14/h5-8,10-12H,4,9H2,1-3H3,(H,22,23)/b16-10-. The molecule has 5 nitrogen and oxygen atoms in total. The highest BCUT2D eigenvalue weighted by Crippen LogP contribution is 2.37. The van der Waals surface area contributed by atoms with E-state index < -0.39 is 5.97 Å². The number of hydrogen-bond acceptors (Lipinski definition) is 4. The van der Waals surface area contributed by atoms with E-state index in [0.717, 1.165) is 6.42 Å². The number of ether oxygens (including phenoxy) is 3. The molecule has 0 aromatic heterocycles. The Kier molecular flexibility index (Phi) is 6.92. The first-order chi connectivity index (χ1) is 12.5. The van der Waals surface area contributed by atoms with Gasteiger partial charge in [-0.3, -0.25) is 0 Å². The van der Waals surface area contributed by atoms with Crippen LogP contribution in [-0.4, -0.2) is 31.9 Å². The van der Waals surface area contributed by atoms with E-state index in [1.54, 1.807) is 49.6 Å². The molecule has 0 atom stereocenters. The lowest BCUT2D eigenvalue weighted by Gasteiger charge is -2.13. The Balaban J connectivity index is 2.46. The van der Waals surface area contributed by atoms with Crippen molar-refractivity contribution in [1.29, 1.82) is 0 Å². The van der Waals surface area contributed by atoms with Crippen LogP contribution < -0.4 is 14.2 Å². The molecule has 0 radical (unpaired) electrons. The fourth-order valence-corrected chi connectivity index (χ4v) is 2.65. The third kappa shape index (κ3) is 4.70. The zero-order valence-corrected chi connectivity index (χ0v) is 15.7. The number of methoxy groups -OCH3 is 2. The molecule has 138 valence electrons. The van der Waals surface area contributed by atoms with Gasteiger partial charge in [0.25, 0.3) is 0 Å². The first-order valence-corrected chi connectivity index (χ1v) is 8.47. The predicted molar refractivity (Wildman–Crippen MR) is 102 cm³/mol. The molecule has 0 aliphatic heterocycles. The lowest BCUT2D eigenvalue weighted by molar-refractivity contribution is -0.130. The fraction of sp³-hybridized carbons (Fsp3) is 0.250. The summed E-state index contributed by atoms with van der Waals surface area (Å²) in [5, 5.41) is 9.96. The van der Waals surface area contributed by atoms with Crippen molar-refractivity contribution >= 4 is 29.2 Å². The minimum absolute atomic E-state index is 0.132. The maximum absolute atomic E-state index is 11.7. The Hall–Kier alpha value is -2.66. The zero-order valence-electron chi connectivity index (χ0n) is 14.9. The van der Waals surface area contributed by atoms with Gasteiger partial charge in [0.2, 0.25) is 0 Å². The number of aliphatic carboxylic acids is 1. The van der Waals surface area contributed by atoms with Crippen LogP contribution >= 0.6 is 11.6 Å². The van der Waals surface area contributed by atoms with Crippen molar-refractivity contribution in [3.63, 3.8) is 0 Å². The lowest BCUT2D eigenvalue weighted by atomic mass is 10.0. The SMILES string of the molecule is CCCOc1c(Cl)cc(/C=C(\C(=O)O)c2ccc(OC)cc2)cc1OC. The summed E-state index contributed by atoms with van der Waals surface area (Å²) in [7, 11) is 3.07. The quantitative estimate of drug-likeness (QED) is 0.531. The van der Waals surface area contributed by atoms with Crippen LogP contribution in [0.15, 0.2) is 36.4 Å². The molecular weight excluding hydrogens is 356 g/mol. The molecule has 2 aromatic rings. The Morgan fingerprint density at radius 3 is 2.38 bits per heavy atom. The van der Waals surface area contributed by atoms with E-state index in [4.69, 9.17) is 25.8 Å². The number of carboxylic acids is 1. The third-order valence-corrected chi connectivity index (χ3v) is 3.93. The first kappa shape index (κ1) is 19.7. The Morgan fingerprint density at radius 1 is 1.15 bits per heavy atom. The van der Waals surface area contributed by atoms with Gasteiger partial charge >= 0.3 is 5.97 Å². The monoisotopic (exact) mass is 376 g/mol. The second-order valence-electron chi connectivity index (χ2n) is 5.47. The summed E-state index contributed by atoms with van der Waals surface area (Å²) in [5.74, 6) is 0.517. The van der Waals surface area contributed by atoms with E-state index in [2.05, 4.69) is 0 Å². The topological polar surface area (TPSA) is 65.0 Å². The van der Waals surface area contributed by atoms with Gasteiger partial charge in [-0.1, -0.05) is 30.7 Å². The normalized spacial score (nSPS) is 11.2. The van der Waals surface area contributed by atoms with Crippen molar-refractivity contribution in [3.05, 3.63) is 52.5 Å². The summed E-state index contributed by atoms with van der Waals surface area (Å²) in [5.41, 5.74) is 1.29. The van der Waals surface area contributed by atoms with Gasteiger partial charge in [0.05, 0.1) is 31.4 Å². The number of rotatable bonds is 8. The van der Waals surface area contributed by atoms with Crippen molar-refractivity contribution in [2.45, 2.75) is 13.3 Å². The summed E-state index contributed by atoms with van der Waals surface area (Å²) in [4.78, 5) is 11.7. The van der Waals surface area contributed by atoms with E-state index in [1.165, 1.54) is 7.11 Å². The third-order valence-electron chi connectivity index (χ3n) is 3.64. The van der Waals surface area contributed by atoms with E-state index in [9.17, 15) is 9.90 Å². The second-order valence-corrected chi connectivity index (χ2v) is 5.88. The summed E-state index contributed by atoms with van der Waals surface area (Å²) in [6.07, 6.45) is 2.38. The molecular formula is C20H21ClO5. The Morgan fingerprint density at radius 2 is 1.85 bits per heavy atom. The van der Waals surface area contributed by atoms with Gasteiger partial charge in [-0.15, -0.1) is 0 Å². The van der Waals surface area contributed by atoms with Crippen LogP contribution in [0.25, 0.3) is 11.6 Å². The predicted octanol–water partition coefficient (Wildman–Crippen LogP) is 4.77. The molecule has 6 heteroatoms. The Bertz CT molecular complexity index is 797. The first-order valence-electron chi connectivity index (χ1n) is 8.09. The molecule has 0 aliphatic carbocycles. The Labute approximate surface area is 157 Å². The van der Waals surface area contributed by atoms with Crippen molar-refractivity contribution in [2.75, 3.05) is 20.8 Å². The van der Waals surface area contributed by atoms with Crippen LogP contribution in [0.5, 0.6) is 17.2 Å². The summed E-state index contributed by atoms with van der Waals surface area (Å²) < 4.78 is 16.1. The fourth-order valence-electron chi connectivity index (χ4n) is 2.37. The van der Waals surface area contributed by atoms with Gasteiger partial charge in [0, 0.05) is 0 Å². The van der Waals surface area contributed by atoms with E-state index in [1.807, 2.05) is 6.92 Å². The van der Waals surface area contributed by atoms with Crippen LogP contribution in [0.2, 0.25) is 5.02 Å². The molecule has 0 fully saturated rings. The molecule has 2 rings (SSSR count). The highest BCUT2D eigenvalue weighted by molar-refractivity contribution is 6.32. The van der Waals surface area contributed by atoms with Gasteiger partial charge in [0.1, 0.15) is 5.75 Å². The minimum Gasteiger partial charge on any atom is -0.497 e. The smallest absolute Gasteiger partial charge is 0.336 e. The van der Waals surface area contributed by atoms with Gasteiger partial charge in [-0.2, -0.15) is 0 Å². The maximum atomic E-state index is 11.7. The molecule has 2 aromatic carbocycles. The molecule has 0 aliphatic rings. The van der Waals surface area contributed by atoms with Crippen molar-refractivity contribution in [3.8, 4) is 17.2 Å². The molecule has 0 amide bonds. The molecule has 0 spiro atoms. The molecule has 0 saturated carbocycles. The molecule has 26 heavy (non-hydrogen) atoms. The van der Waals surface area contributed by atoms with Gasteiger partial charge < -0.3 is 19.3 Å². The molecule has 0 saturated heterocycles. The summed E-state index contributed by atoms with van der Waals surface area (Å²) in [6.45, 7) is 2.50. The molecule has 0 heterocycles. The summed E-state index contributed by atoms with van der Waals surface area (Å²) >= 11 is 6.30. The number of carboxylic acid groups (broad SMARTS) is 1. The van der Waals surface area contributed by atoms with Gasteiger partial charge in [0.15, 0.2) is 11.5 Å². The molecule has 0 bridgehead atoms. The maximum Gasteiger partial charge on any atom is 0.336 e. The van der Waals surface area contributed by atoms with Crippen molar-refractivity contribution in [1.82, 2.24) is 0 Å². The van der Waals surface area contributed by atoms with Crippen LogP contribution in [0.4, 0.5) is 0 Å². The average molecular weight is 377 g/mol. The van der Waals surface area contributed by atoms with Gasteiger partial charge in [-0.25, -0.2) is 4.79 Å². The largest absolute Gasteiger partial charge is 0.497 e. The highest BCUT2D eigenvalue weighted by Gasteiger charge is 2.15. The second kappa shape index (κ2) is 9.15. The van der Waals surface area contributed by atoms with Crippen molar-refractivity contribution < 1.29 is 24.1 Å². The van der Waals surface area contributed by atoms with Crippen LogP contribution in [0, 0.1) is 0 Å².